The standard InChI is InChI=1S/C14H24N2S/c1-9-5-6-13(7-9)8-15-10(2)14-11(3)16-12(4)17-14/h9-10,13,15H,5-8H2,1-4H3. The van der Waals surface area contributed by atoms with Gasteiger partial charge in [0.1, 0.15) is 0 Å². The molecule has 96 valence electrons. The second kappa shape index (κ2) is 5.49. The summed E-state index contributed by atoms with van der Waals surface area (Å²) >= 11 is 1.83. The van der Waals surface area contributed by atoms with E-state index in [1.165, 1.54) is 41.4 Å². The number of rotatable bonds is 4. The lowest BCUT2D eigenvalue weighted by molar-refractivity contribution is 0.442. The predicted molar refractivity (Wildman–Crippen MR) is 74.5 cm³/mol. The molecule has 0 aromatic carbocycles. The highest BCUT2D eigenvalue weighted by atomic mass is 32.1. The molecule has 3 atom stereocenters. The first-order valence-corrected chi connectivity index (χ1v) is 7.55. The Labute approximate surface area is 109 Å². The van der Waals surface area contributed by atoms with E-state index in [0.29, 0.717) is 6.04 Å². The van der Waals surface area contributed by atoms with Crippen molar-refractivity contribution in [1.29, 1.82) is 0 Å². The maximum absolute atomic E-state index is 4.50. The average Bonchev–Trinajstić information content (AvgIpc) is 2.81. The Balaban J connectivity index is 1.85. The predicted octanol–water partition coefficient (Wildman–Crippen LogP) is 3.85. The van der Waals surface area contributed by atoms with Crippen LogP contribution in [-0.2, 0) is 0 Å². The van der Waals surface area contributed by atoms with Crippen molar-refractivity contribution in [3.63, 3.8) is 0 Å². The van der Waals surface area contributed by atoms with Crippen LogP contribution in [0.5, 0.6) is 0 Å². The summed E-state index contributed by atoms with van der Waals surface area (Å²) in [6.07, 6.45) is 4.22. The van der Waals surface area contributed by atoms with Crippen molar-refractivity contribution in [2.24, 2.45) is 11.8 Å². The molecule has 1 aromatic heterocycles. The van der Waals surface area contributed by atoms with Gasteiger partial charge in [-0.05, 0) is 52.0 Å². The fourth-order valence-corrected chi connectivity index (χ4v) is 3.85. The minimum absolute atomic E-state index is 0.456. The number of hydrogen-bond donors (Lipinski definition) is 1. The van der Waals surface area contributed by atoms with Crippen LogP contribution in [-0.4, -0.2) is 11.5 Å². The highest BCUT2D eigenvalue weighted by molar-refractivity contribution is 7.11. The molecule has 1 fully saturated rings. The van der Waals surface area contributed by atoms with Crippen LogP contribution in [0.4, 0.5) is 0 Å². The molecule has 0 saturated heterocycles. The molecule has 1 aliphatic rings. The Morgan fingerprint density at radius 3 is 2.71 bits per heavy atom. The average molecular weight is 252 g/mol. The van der Waals surface area contributed by atoms with E-state index in [1.54, 1.807) is 0 Å². The van der Waals surface area contributed by atoms with E-state index in [2.05, 4.69) is 38.0 Å². The van der Waals surface area contributed by atoms with Crippen molar-refractivity contribution in [2.75, 3.05) is 6.54 Å². The van der Waals surface area contributed by atoms with E-state index < -0.39 is 0 Å². The molecule has 0 aliphatic heterocycles. The monoisotopic (exact) mass is 252 g/mol. The number of hydrogen-bond acceptors (Lipinski definition) is 3. The van der Waals surface area contributed by atoms with Crippen LogP contribution in [0.25, 0.3) is 0 Å². The van der Waals surface area contributed by atoms with Gasteiger partial charge in [-0.15, -0.1) is 11.3 Å². The zero-order valence-electron chi connectivity index (χ0n) is 11.4. The number of aromatic nitrogens is 1. The summed E-state index contributed by atoms with van der Waals surface area (Å²) in [7, 11) is 0. The van der Waals surface area contributed by atoms with Gasteiger partial charge in [0.25, 0.3) is 0 Å². The van der Waals surface area contributed by atoms with Gasteiger partial charge >= 0.3 is 0 Å². The molecule has 2 nitrogen and oxygen atoms in total. The minimum atomic E-state index is 0.456. The van der Waals surface area contributed by atoms with Gasteiger partial charge in [-0.1, -0.05) is 13.3 Å². The topological polar surface area (TPSA) is 24.9 Å². The highest BCUT2D eigenvalue weighted by Gasteiger charge is 2.22. The Hall–Kier alpha value is -0.410. The largest absolute Gasteiger partial charge is 0.309 e. The Morgan fingerprint density at radius 2 is 2.18 bits per heavy atom. The van der Waals surface area contributed by atoms with E-state index in [1.807, 2.05) is 11.3 Å². The summed E-state index contributed by atoms with van der Waals surface area (Å²) in [6, 6.07) is 0.456. The van der Waals surface area contributed by atoms with E-state index >= 15 is 0 Å². The van der Waals surface area contributed by atoms with Gasteiger partial charge in [-0.3, -0.25) is 0 Å². The number of aryl methyl sites for hydroxylation is 2. The summed E-state index contributed by atoms with van der Waals surface area (Å²) in [6.45, 7) is 10.0. The fraction of sp³-hybridized carbons (Fsp3) is 0.786. The van der Waals surface area contributed by atoms with Gasteiger partial charge < -0.3 is 5.32 Å². The van der Waals surface area contributed by atoms with Crippen LogP contribution in [0.15, 0.2) is 0 Å². The third kappa shape index (κ3) is 3.29. The van der Waals surface area contributed by atoms with E-state index in [0.717, 1.165) is 11.8 Å². The second-order valence-electron chi connectivity index (χ2n) is 5.60. The molecule has 0 amide bonds. The Kier molecular flexibility index (Phi) is 4.21. The first-order chi connectivity index (χ1) is 8.06. The van der Waals surface area contributed by atoms with Gasteiger partial charge in [-0.25, -0.2) is 4.98 Å². The maximum Gasteiger partial charge on any atom is 0.0900 e. The summed E-state index contributed by atoms with van der Waals surface area (Å²) in [4.78, 5) is 5.91. The lowest BCUT2D eigenvalue weighted by Crippen LogP contribution is -2.24. The quantitative estimate of drug-likeness (QED) is 0.880. The lowest BCUT2D eigenvalue weighted by atomic mass is 10.1. The molecule has 1 heterocycles. The molecule has 3 heteroatoms. The normalized spacial score (nSPS) is 26.4. The molecule has 0 bridgehead atoms. The maximum atomic E-state index is 4.50. The van der Waals surface area contributed by atoms with Crippen molar-refractivity contribution < 1.29 is 0 Å². The number of thiazole rings is 1. The lowest BCUT2D eigenvalue weighted by Gasteiger charge is -2.16. The van der Waals surface area contributed by atoms with Gasteiger partial charge in [0.15, 0.2) is 0 Å². The summed E-state index contributed by atoms with van der Waals surface area (Å²) in [5, 5.41) is 4.87. The zero-order valence-corrected chi connectivity index (χ0v) is 12.2. The summed E-state index contributed by atoms with van der Waals surface area (Å²) in [5.74, 6) is 1.83. The molecule has 3 unspecified atom stereocenters. The van der Waals surface area contributed by atoms with E-state index in [-0.39, 0.29) is 0 Å². The molecule has 1 aliphatic carbocycles. The van der Waals surface area contributed by atoms with E-state index in [4.69, 9.17) is 0 Å². The van der Waals surface area contributed by atoms with Gasteiger partial charge in [0, 0.05) is 10.9 Å². The van der Waals surface area contributed by atoms with Crippen molar-refractivity contribution in [1.82, 2.24) is 10.3 Å². The van der Waals surface area contributed by atoms with Crippen molar-refractivity contribution in [3.05, 3.63) is 15.6 Å². The first kappa shape index (κ1) is 13.0. The van der Waals surface area contributed by atoms with Crippen LogP contribution in [0, 0.1) is 25.7 Å². The van der Waals surface area contributed by atoms with E-state index in [9.17, 15) is 0 Å². The molecule has 0 spiro atoms. The molecule has 17 heavy (non-hydrogen) atoms. The van der Waals surface area contributed by atoms with Gasteiger partial charge in [-0.2, -0.15) is 0 Å². The Morgan fingerprint density at radius 1 is 1.41 bits per heavy atom. The zero-order chi connectivity index (χ0) is 12.4. The number of nitrogens with zero attached hydrogens (tertiary/aromatic N) is 1. The van der Waals surface area contributed by atoms with Gasteiger partial charge in [0.2, 0.25) is 0 Å². The van der Waals surface area contributed by atoms with Crippen LogP contribution in [0.3, 0.4) is 0 Å². The minimum Gasteiger partial charge on any atom is -0.309 e. The SMILES string of the molecule is Cc1nc(C)c(C(C)NCC2CCC(C)C2)s1. The highest BCUT2D eigenvalue weighted by Crippen LogP contribution is 2.31. The molecular weight excluding hydrogens is 228 g/mol. The smallest absolute Gasteiger partial charge is 0.0900 e. The molecular formula is C14H24N2S. The first-order valence-electron chi connectivity index (χ1n) is 6.73. The van der Waals surface area contributed by atoms with Crippen LogP contribution in [0.1, 0.15) is 54.7 Å². The number of nitrogens with one attached hydrogen (secondary N) is 1. The third-order valence-electron chi connectivity index (χ3n) is 3.85. The van der Waals surface area contributed by atoms with Gasteiger partial charge in [0.05, 0.1) is 10.7 Å². The Bertz CT molecular complexity index is 372. The summed E-state index contributed by atoms with van der Waals surface area (Å²) < 4.78 is 0. The van der Waals surface area contributed by atoms with Crippen LogP contribution < -0.4 is 5.32 Å². The fourth-order valence-electron chi connectivity index (χ4n) is 2.90. The third-order valence-corrected chi connectivity index (χ3v) is 5.10. The molecule has 0 radical (unpaired) electrons. The van der Waals surface area contributed by atoms with Crippen LogP contribution >= 0.6 is 11.3 Å². The summed E-state index contributed by atoms with van der Waals surface area (Å²) in [5.41, 5.74) is 1.20. The van der Waals surface area contributed by atoms with Crippen molar-refractivity contribution in [2.45, 2.75) is 53.0 Å². The molecule has 1 saturated carbocycles. The molecule has 1 N–H and O–H groups in total. The van der Waals surface area contributed by atoms with Crippen molar-refractivity contribution >= 4 is 11.3 Å². The molecule has 2 rings (SSSR count). The van der Waals surface area contributed by atoms with Crippen LogP contribution in [0.2, 0.25) is 0 Å². The van der Waals surface area contributed by atoms with Crippen molar-refractivity contribution in [3.8, 4) is 0 Å². The second-order valence-corrected chi connectivity index (χ2v) is 6.83. The molecule has 1 aromatic rings.